The lowest BCUT2D eigenvalue weighted by Crippen LogP contribution is -2.21. The molecule has 4 nitrogen and oxygen atoms in total. The van der Waals surface area contributed by atoms with E-state index in [-0.39, 0.29) is 12.7 Å². The second-order valence-electron chi connectivity index (χ2n) is 4.25. The Kier molecular flexibility index (Phi) is 2.57. The Balaban J connectivity index is 1.74. The van der Waals surface area contributed by atoms with Gasteiger partial charge in [-0.25, -0.2) is 4.98 Å². The van der Waals surface area contributed by atoms with E-state index < -0.39 is 0 Å². The van der Waals surface area contributed by atoms with E-state index >= 15 is 0 Å². The van der Waals surface area contributed by atoms with Crippen molar-refractivity contribution in [2.45, 2.75) is 25.7 Å². The fourth-order valence-electron chi connectivity index (χ4n) is 2.22. The van der Waals surface area contributed by atoms with Gasteiger partial charge in [-0.15, -0.1) is 0 Å². The van der Waals surface area contributed by atoms with Gasteiger partial charge in [-0.05, 0) is 11.6 Å². The lowest BCUT2D eigenvalue weighted by molar-refractivity contribution is 0.201. The quantitative estimate of drug-likeness (QED) is 0.866. The molecule has 4 heteroatoms. The molecule has 2 heterocycles. The van der Waals surface area contributed by atoms with Crippen LogP contribution in [0.2, 0.25) is 0 Å². The summed E-state index contributed by atoms with van der Waals surface area (Å²) in [5, 5.41) is 9.15. The minimum absolute atomic E-state index is 0.0136. The highest BCUT2D eigenvalue weighted by atomic mass is 16.5. The second kappa shape index (κ2) is 4.22. The summed E-state index contributed by atoms with van der Waals surface area (Å²) in [5.41, 5.74) is 2.08. The van der Waals surface area contributed by atoms with Crippen LogP contribution in [0.3, 0.4) is 0 Å². The lowest BCUT2D eigenvalue weighted by atomic mass is 10.1. The molecule has 1 unspecified atom stereocenters. The van der Waals surface area contributed by atoms with Gasteiger partial charge in [0, 0.05) is 6.42 Å². The first-order chi connectivity index (χ1) is 8.36. The van der Waals surface area contributed by atoms with Gasteiger partial charge >= 0.3 is 0 Å². The molecule has 1 N–H and O–H groups in total. The largest absolute Gasteiger partial charge is 0.488 e. The minimum atomic E-state index is 0.0136. The molecular weight excluding hydrogens is 216 g/mol. The molecule has 0 aliphatic carbocycles. The van der Waals surface area contributed by atoms with Gasteiger partial charge in [-0.2, -0.15) is 0 Å². The molecule has 0 saturated heterocycles. The van der Waals surface area contributed by atoms with Crippen LogP contribution in [0.15, 0.2) is 36.8 Å². The van der Waals surface area contributed by atoms with E-state index in [0.29, 0.717) is 0 Å². The maximum absolute atomic E-state index is 9.15. The number of aromatic nitrogens is 2. The molecule has 1 aliphatic heterocycles. The van der Waals surface area contributed by atoms with E-state index in [2.05, 4.69) is 11.1 Å². The smallest absolute Gasteiger partial charge is 0.123 e. The predicted octanol–water partition coefficient (Wildman–Crippen LogP) is 1.38. The van der Waals surface area contributed by atoms with Gasteiger partial charge in [0.15, 0.2) is 0 Å². The van der Waals surface area contributed by atoms with Crippen molar-refractivity contribution in [1.82, 2.24) is 9.55 Å². The molecule has 0 bridgehead atoms. The fraction of sp³-hybridized carbons (Fsp3) is 0.308. The SMILES string of the molecule is OCc1cncn1CC1Cc2ccccc2O1. The molecule has 1 atom stereocenters. The molecule has 1 aliphatic rings. The third-order valence-corrected chi connectivity index (χ3v) is 3.07. The molecule has 0 radical (unpaired) electrons. The molecule has 0 fully saturated rings. The molecular formula is C13H14N2O2. The number of hydrogen-bond donors (Lipinski definition) is 1. The van der Waals surface area contributed by atoms with E-state index in [9.17, 15) is 0 Å². The first-order valence-corrected chi connectivity index (χ1v) is 5.71. The van der Waals surface area contributed by atoms with E-state index in [1.807, 2.05) is 22.8 Å². The van der Waals surface area contributed by atoms with Gasteiger partial charge in [0.1, 0.15) is 11.9 Å². The van der Waals surface area contributed by atoms with Crippen LogP contribution in [-0.4, -0.2) is 20.8 Å². The van der Waals surface area contributed by atoms with Crippen LogP contribution in [0.1, 0.15) is 11.3 Å². The van der Waals surface area contributed by atoms with Crippen molar-refractivity contribution in [3.63, 3.8) is 0 Å². The summed E-state index contributed by atoms with van der Waals surface area (Å²) in [7, 11) is 0. The topological polar surface area (TPSA) is 47.3 Å². The maximum Gasteiger partial charge on any atom is 0.123 e. The summed E-state index contributed by atoms with van der Waals surface area (Å²) in [4.78, 5) is 4.03. The monoisotopic (exact) mass is 230 g/mol. The third-order valence-electron chi connectivity index (χ3n) is 3.07. The van der Waals surface area contributed by atoms with Gasteiger partial charge in [0.05, 0.1) is 31.4 Å². The molecule has 17 heavy (non-hydrogen) atoms. The lowest BCUT2D eigenvalue weighted by Gasteiger charge is -2.13. The standard InChI is InChI=1S/C13H14N2O2/c16-8-11-6-14-9-15(11)7-12-5-10-3-1-2-4-13(10)17-12/h1-4,6,9,12,16H,5,7-8H2. The average molecular weight is 230 g/mol. The van der Waals surface area contributed by atoms with Crippen LogP contribution in [0.4, 0.5) is 0 Å². The van der Waals surface area contributed by atoms with Crippen LogP contribution in [-0.2, 0) is 19.6 Å². The van der Waals surface area contributed by atoms with Crippen molar-refractivity contribution in [3.05, 3.63) is 48.0 Å². The van der Waals surface area contributed by atoms with E-state index in [1.165, 1.54) is 5.56 Å². The number of benzene rings is 1. The number of para-hydroxylation sites is 1. The van der Waals surface area contributed by atoms with Crippen LogP contribution in [0.25, 0.3) is 0 Å². The van der Waals surface area contributed by atoms with Crippen LogP contribution in [0, 0.1) is 0 Å². The molecule has 0 saturated carbocycles. The second-order valence-corrected chi connectivity index (χ2v) is 4.25. The Bertz CT molecular complexity index is 497. The summed E-state index contributed by atoms with van der Waals surface area (Å²) in [5.74, 6) is 0.975. The van der Waals surface area contributed by atoms with E-state index in [4.69, 9.17) is 9.84 Å². The molecule has 2 aromatic rings. The third kappa shape index (κ3) is 1.91. The van der Waals surface area contributed by atoms with Crippen LogP contribution in [0.5, 0.6) is 5.75 Å². The average Bonchev–Trinajstić information content (AvgIpc) is 2.94. The van der Waals surface area contributed by atoms with Gasteiger partial charge in [-0.3, -0.25) is 0 Å². The zero-order chi connectivity index (χ0) is 11.7. The Morgan fingerprint density at radius 1 is 1.41 bits per heavy atom. The molecule has 88 valence electrons. The summed E-state index contributed by atoms with van der Waals surface area (Å²) < 4.78 is 7.79. The van der Waals surface area contributed by atoms with Crippen molar-refractivity contribution in [2.75, 3.05) is 0 Å². The number of rotatable bonds is 3. The molecule has 1 aromatic carbocycles. The number of fused-ring (bicyclic) bond motifs is 1. The van der Waals surface area contributed by atoms with Crippen molar-refractivity contribution in [2.24, 2.45) is 0 Å². The highest BCUT2D eigenvalue weighted by Gasteiger charge is 2.22. The number of nitrogens with zero attached hydrogens (tertiary/aromatic N) is 2. The Morgan fingerprint density at radius 3 is 3.12 bits per heavy atom. The van der Waals surface area contributed by atoms with Gasteiger partial charge in [-0.1, -0.05) is 18.2 Å². The zero-order valence-corrected chi connectivity index (χ0v) is 9.41. The number of ether oxygens (including phenoxy) is 1. The molecule has 3 rings (SSSR count). The summed E-state index contributed by atoms with van der Waals surface area (Å²) in [6, 6.07) is 8.10. The maximum atomic E-state index is 9.15. The van der Waals surface area contributed by atoms with Gasteiger partial charge in [0.25, 0.3) is 0 Å². The van der Waals surface area contributed by atoms with Crippen molar-refractivity contribution in [1.29, 1.82) is 0 Å². The molecule has 1 aromatic heterocycles. The van der Waals surface area contributed by atoms with Crippen LogP contribution < -0.4 is 4.74 Å². The van der Waals surface area contributed by atoms with Crippen molar-refractivity contribution >= 4 is 0 Å². The normalized spacial score (nSPS) is 17.8. The van der Waals surface area contributed by atoms with E-state index in [1.54, 1.807) is 12.5 Å². The van der Waals surface area contributed by atoms with Gasteiger partial charge in [0.2, 0.25) is 0 Å². The Labute approximate surface area is 99.5 Å². The van der Waals surface area contributed by atoms with Crippen molar-refractivity contribution < 1.29 is 9.84 Å². The first kappa shape index (κ1) is 10.4. The summed E-state index contributed by atoms with van der Waals surface area (Å²) in [6.45, 7) is 0.740. The summed E-state index contributed by atoms with van der Waals surface area (Å²) >= 11 is 0. The Morgan fingerprint density at radius 2 is 2.29 bits per heavy atom. The number of aliphatic hydroxyl groups is 1. The number of hydrogen-bond acceptors (Lipinski definition) is 3. The highest BCUT2D eigenvalue weighted by Crippen LogP contribution is 2.28. The number of aliphatic hydroxyl groups excluding tert-OH is 1. The van der Waals surface area contributed by atoms with Crippen LogP contribution >= 0.6 is 0 Å². The fourth-order valence-corrected chi connectivity index (χ4v) is 2.22. The number of imidazole rings is 1. The van der Waals surface area contributed by atoms with E-state index in [0.717, 1.165) is 24.4 Å². The minimum Gasteiger partial charge on any atom is -0.488 e. The molecule has 0 amide bonds. The van der Waals surface area contributed by atoms with Crippen molar-refractivity contribution in [3.8, 4) is 5.75 Å². The first-order valence-electron chi connectivity index (χ1n) is 5.71. The highest BCUT2D eigenvalue weighted by molar-refractivity contribution is 5.37. The summed E-state index contributed by atoms with van der Waals surface area (Å²) in [6.07, 6.45) is 4.46. The predicted molar refractivity (Wildman–Crippen MR) is 62.7 cm³/mol. The Hall–Kier alpha value is -1.81. The molecule has 0 spiro atoms. The van der Waals surface area contributed by atoms with Gasteiger partial charge < -0.3 is 14.4 Å². The zero-order valence-electron chi connectivity index (χ0n) is 9.41.